The van der Waals surface area contributed by atoms with Crippen molar-refractivity contribution in [2.75, 3.05) is 46.4 Å². The number of nitrogens with zero attached hydrogens (tertiary/aromatic N) is 7. The molecule has 1 spiro atoms. The van der Waals surface area contributed by atoms with E-state index in [0.29, 0.717) is 31.4 Å². The monoisotopic (exact) mass is 667 g/mol. The van der Waals surface area contributed by atoms with Gasteiger partial charge in [-0.1, -0.05) is 36.4 Å². The topological polar surface area (TPSA) is 107 Å². The van der Waals surface area contributed by atoms with Crippen LogP contribution in [0.4, 0.5) is 4.39 Å². The second-order valence-corrected chi connectivity index (χ2v) is 14.1. The summed E-state index contributed by atoms with van der Waals surface area (Å²) in [6, 6.07) is 16.8. The highest BCUT2D eigenvalue weighted by Crippen LogP contribution is 2.52. The van der Waals surface area contributed by atoms with Crippen molar-refractivity contribution in [2.45, 2.75) is 62.7 Å². The number of β-amino-alcohol motifs (C(OH)–C–C–N with tert-alkyl or cyclic N) is 1. The molecule has 1 N–H and O–H groups in total. The first-order chi connectivity index (χ1) is 23.8. The van der Waals surface area contributed by atoms with Crippen molar-refractivity contribution < 1.29 is 14.3 Å². The van der Waals surface area contributed by atoms with Crippen molar-refractivity contribution in [3.63, 3.8) is 0 Å². The lowest BCUT2D eigenvalue weighted by Crippen LogP contribution is -2.72. The summed E-state index contributed by atoms with van der Waals surface area (Å²) in [5.74, 6) is -0.451. The summed E-state index contributed by atoms with van der Waals surface area (Å²) in [6.07, 6.45) is 5.31. The lowest BCUT2D eigenvalue weighted by atomic mass is 9.89. The Bertz CT molecular complexity index is 2010. The van der Waals surface area contributed by atoms with Crippen molar-refractivity contribution in [1.29, 1.82) is 0 Å². The molecular formula is C37H42FN7O4. The summed E-state index contributed by atoms with van der Waals surface area (Å²) in [5.41, 5.74) is 2.44. The van der Waals surface area contributed by atoms with Crippen molar-refractivity contribution in [3.05, 3.63) is 93.0 Å². The number of carbonyl (C=O) groups excluding carboxylic acids is 1. The molecule has 0 radical (unpaired) electrons. The summed E-state index contributed by atoms with van der Waals surface area (Å²) in [6.45, 7) is 5.59. The number of aliphatic hydroxyl groups is 1. The summed E-state index contributed by atoms with van der Waals surface area (Å²) < 4.78 is 17.2. The number of rotatable bonds is 8. The van der Waals surface area contributed by atoms with Gasteiger partial charge in [0.15, 0.2) is 5.65 Å². The van der Waals surface area contributed by atoms with E-state index in [1.165, 1.54) is 20.8 Å². The average Bonchev–Trinajstić information content (AvgIpc) is 3.95. The van der Waals surface area contributed by atoms with Crippen molar-refractivity contribution in [2.24, 2.45) is 0 Å². The second kappa shape index (κ2) is 12.6. The molecule has 2 aromatic carbocycles. The first kappa shape index (κ1) is 32.0. The van der Waals surface area contributed by atoms with Crippen LogP contribution >= 0.6 is 0 Å². The van der Waals surface area contributed by atoms with E-state index in [2.05, 4.69) is 44.1 Å². The van der Waals surface area contributed by atoms with Crippen LogP contribution in [0.5, 0.6) is 0 Å². The number of carbonyl (C=O) groups is 1. The van der Waals surface area contributed by atoms with Crippen LogP contribution in [0.25, 0.3) is 27.8 Å². The molecule has 4 heterocycles. The Kier molecular flexibility index (Phi) is 8.22. The predicted molar refractivity (Wildman–Crippen MR) is 184 cm³/mol. The van der Waals surface area contributed by atoms with Gasteiger partial charge in [-0.05, 0) is 73.4 Å². The van der Waals surface area contributed by atoms with Crippen LogP contribution in [-0.4, -0.2) is 103 Å². The van der Waals surface area contributed by atoms with E-state index in [0.717, 1.165) is 69.4 Å². The highest BCUT2D eigenvalue weighted by atomic mass is 19.1. The number of halogens is 1. The number of piperazine rings is 1. The molecule has 0 bridgehead atoms. The smallest absolute Gasteiger partial charge is 0.337 e. The molecule has 2 aliphatic heterocycles. The molecule has 2 aliphatic carbocycles. The first-order valence-corrected chi connectivity index (χ1v) is 17.4. The molecule has 8 rings (SSSR count). The standard InChI is InChI=1S/C37H42FN7O4/c1-40-37(13-14-37)35(48)45(40)30-11-9-29(10-12-30)44-34(47)32-22-28(38)23-39-33(32)43(36(44)49)31-4-2-3-27(21-31)26-7-5-25(6-8-26)24-42-17-15-41(16-18-42)19-20-46/h2-8,21-23,29-30,46H,9-20,24H2,1H3. The van der Waals surface area contributed by atoms with Gasteiger partial charge < -0.3 is 5.11 Å². The van der Waals surface area contributed by atoms with Crippen LogP contribution in [0.15, 0.2) is 70.4 Å². The fourth-order valence-electron chi connectivity index (χ4n) is 8.21. The van der Waals surface area contributed by atoms with Gasteiger partial charge in [0.25, 0.3) is 11.5 Å². The highest BCUT2D eigenvalue weighted by Gasteiger charge is 2.66. The van der Waals surface area contributed by atoms with Crippen LogP contribution in [0.1, 0.15) is 50.1 Å². The number of benzene rings is 2. The lowest BCUT2D eigenvalue weighted by molar-refractivity contribution is -0.207. The molecule has 11 nitrogen and oxygen atoms in total. The highest BCUT2D eigenvalue weighted by molar-refractivity contribution is 5.94. The van der Waals surface area contributed by atoms with Gasteiger partial charge in [-0.25, -0.2) is 23.7 Å². The maximum absolute atomic E-state index is 14.5. The Morgan fingerprint density at radius 3 is 2.24 bits per heavy atom. The Morgan fingerprint density at radius 2 is 1.57 bits per heavy atom. The summed E-state index contributed by atoms with van der Waals surface area (Å²) in [7, 11) is 1.97. The van der Waals surface area contributed by atoms with E-state index in [-0.39, 0.29) is 41.2 Å². The van der Waals surface area contributed by atoms with E-state index in [1.807, 2.05) is 36.3 Å². The van der Waals surface area contributed by atoms with E-state index >= 15 is 0 Å². The molecule has 12 heteroatoms. The largest absolute Gasteiger partial charge is 0.395 e. The maximum atomic E-state index is 14.5. The molecular weight excluding hydrogens is 625 g/mol. The number of aromatic nitrogens is 3. The Morgan fingerprint density at radius 1 is 0.878 bits per heavy atom. The third-order valence-electron chi connectivity index (χ3n) is 11.2. The fourth-order valence-corrected chi connectivity index (χ4v) is 8.21. The zero-order valence-corrected chi connectivity index (χ0v) is 27.8. The van der Waals surface area contributed by atoms with E-state index in [1.54, 1.807) is 0 Å². The lowest BCUT2D eigenvalue weighted by Gasteiger charge is -2.53. The molecule has 4 aromatic rings. The molecule has 4 aliphatic rings. The van der Waals surface area contributed by atoms with E-state index in [4.69, 9.17) is 0 Å². The minimum absolute atomic E-state index is 0.0441. The minimum atomic E-state index is -0.640. The number of aliphatic hydroxyl groups excluding tert-OH is 1. The van der Waals surface area contributed by atoms with Gasteiger partial charge >= 0.3 is 5.69 Å². The molecule has 49 heavy (non-hydrogen) atoms. The van der Waals surface area contributed by atoms with Crippen molar-refractivity contribution >= 4 is 16.9 Å². The number of hydrazine groups is 1. The third-order valence-corrected chi connectivity index (χ3v) is 11.2. The summed E-state index contributed by atoms with van der Waals surface area (Å²) >= 11 is 0. The van der Waals surface area contributed by atoms with Gasteiger partial charge in [0.2, 0.25) is 0 Å². The van der Waals surface area contributed by atoms with Crippen LogP contribution < -0.4 is 11.2 Å². The molecule has 1 amide bonds. The molecule has 256 valence electrons. The van der Waals surface area contributed by atoms with Gasteiger partial charge in [-0.15, -0.1) is 0 Å². The van der Waals surface area contributed by atoms with Gasteiger partial charge in [-0.2, -0.15) is 0 Å². The van der Waals surface area contributed by atoms with Gasteiger partial charge in [0.05, 0.1) is 23.9 Å². The number of pyridine rings is 1. The number of fused-ring (bicyclic) bond motifs is 1. The minimum Gasteiger partial charge on any atom is -0.395 e. The Hall–Kier alpha value is -4.23. The Balaban J connectivity index is 1.06. The van der Waals surface area contributed by atoms with Gasteiger partial charge in [0.1, 0.15) is 11.4 Å². The van der Waals surface area contributed by atoms with Crippen molar-refractivity contribution in [3.8, 4) is 16.8 Å². The molecule has 2 saturated carbocycles. The molecule has 2 saturated heterocycles. The van der Waals surface area contributed by atoms with Gasteiger partial charge in [0, 0.05) is 58.4 Å². The molecule has 4 fully saturated rings. The zero-order chi connectivity index (χ0) is 33.9. The fraction of sp³-hybridized carbons (Fsp3) is 0.459. The van der Waals surface area contributed by atoms with E-state index < -0.39 is 17.1 Å². The Labute approximate surface area is 283 Å². The molecule has 2 aromatic heterocycles. The van der Waals surface area contributed by atoms with Crippen LogP contribution in [0, 0.1) is 5.82 Å². The average molecular weight is 668 g/mol. The normalized spacial score (nSPS) is 22.9. The summed E-state index contributed by atoms with van der Waals surface area (Å²) in [4.78, 5) is 50.0. The van der Waals surface area contributed by atoms with Crippen LogP contribution in [-0.2, 0) is 11.3 Å². The maximum Gasteiger partial charge on any atom is 0.337 e. The second-order valence-electron chi connectivity index (χ2n) is 14.1. The van der Waals surface area contributed by atoms with Crippen molar-refractivity contribution in [1.82, 2.24) is 33.9 Å². The number of hydrogen-bond donors (Lipinski definition) is 1. The predicted octanol–water partition coefficient (Wildman–Crippen LogP) is 3.17. The first-order valence-electron chi connectivity index (χ1n) is 17.4. The van der Waals surface area contributed by atoms with E-state index in [9.17, 15) is 23.9 Å². The zero-order valence-electron chi connectivity index (χ0n) is 27.8. The van der Waals surface area contributed by atoms with Gasteiger partial charge in [-0.3, -0.25) is 29.0 Å². The number of hydrogen-bond acceptors (Lipinski definition) is 8. The third kappa shape index (κ3) is 5.60. The quantitative estimate of drug-likeness (QED) is 0.306. The number of likely N-dealkylation sites (N-methyl/N-ethyl adjacent to an activating group) is 1. The summed E-state index contributed by atoms with van der Waals surface area (Å²) in [5, 5.41) is 13.2. The number of amides is 1. The van der Waals surface area contributed by atoms with Crippen LogP contribution in [0.3, 0.4) is 0 Å². The molecule has 0 unspecified atom stereocenters. The molecule has 0 atom stereocenters. The SMILES string of the molecule is CN1N(C2CCC(n3c(=O)c4cc(F)cnc4n(-c4cccc(-c5ccc(CN6CCN(CCO)CC6)cc5)c4)c3=O)CC2)C(=O)C12CC2. The van der Waals surface area contributed by atoms with Crippen LogP contribution in [0.2, 0.25) is 0 Å².